The van der Waals surface area contributed by atoms with Crippen molar-refractivity contribution in [3.8, 4) is 0 Å². The fourth-order valence-electron chi connectivity index (χ4n) is 1.59. The molecule has 0 aliphatic rings. The van der Waals surface area contributed by atoms with Gasteiger partial charge in [0.2, 0.25) is 0 Å². The van der Waals surface area contributed by atoms with E-state index in [0.717, 1.165) is 4.90 Å². The number of nitrogens with zero attached hydrogens (tertiary/aromatic N) is 1. The standard InChI is InChI=1S/C12H13F2NO4/c1-6(16)5-15(2)11(17)7-3-9(13)10(14)4-8(7)12(18)19/h3-4,6,16H,5H2,1-2H3,(H,18,19). The van der Waals surface area contributed by atoms with Gasteiger partial charge in [0.05, 0.1) is 17.2 Å². The van der Waals surface area contributed by atoms with Gasteiger partial charge in [-0.2, -0.15) is 0 Å². The van der Waals surface area contributed by atoms with E-state index in [-0.39, 0.29) is 6.54 Å². The van der Waals surface area contributed by atoms with Crippen molar-refractivity contribution in [2.75, 3.05) is 13.6 Å². The van der Waals surface area contributed by atoms with Gasteiger partial charge < -0.3 is 15.1 Å². The van der Waals surface area contributed by atoms with Crippen LogP contribution in [0.4, 0.5) is 8.78 Å². The van der Waals surface area contributed by atoms with Gasteiger partial charge in [0.15, 0.2) is 11.6 Å². The summed E-state index contributed by atoms with van der Waals surface area (Å²) in [7, 11) is 1.32. The van der Waals surface area contributed by atoms with E-state index < -0.39 is 40.7 Å². The molecule has 1 amide bonds. The number of carboxylic acids is 1. The third kappa shape index (κ3) is 3.47. The molecule has 0 spiro atoms. The van der Waals surface area contributed by atoms with Crippen LogP contribution < -0.4 is 0 Å². The number of benzene rings is 1. The van der Waals surface area contributed by atoms with Gasteiger partial charge in [-0.05, 0) is 19.1 Å². The van der Waals surface area contributed by atoms with Crippen molar-refractivity contribution >= 4 is 11.9 Å². The number of hydrogen-bond donors (Lipinski definition) is 2. The van der Waals surface area contributed by atoms with Crippen LogP contribution in [0.25, 0.3) is 0 Å². The molecule has 0 radical (unpaired) electrons. The molecule has 0 aromatic heterocycles. The molecule has 0 bridgehead atoms. The van der Waals surface area contributed by atoms with Crippen molar-refractivity contribution in [1.29, 1.82) is 0 Å². The first-order chi connectivity index (χ1) is 8.73. The van der Waals surface area contributed by atoms with Gasteiger partial charge in [-0.25, -0.2) is 13.6 Å². The van der Waals surface area contributed by atoms with Crippen LogP contribution in [0.5, 0.6) is 0 Å². The summed E-state index contributed by atoms with van der Waals surface area (Å²) >= 11 is 0. The number of carbonyl (C=O) groups excluding carboxylic acids is 1. The topological polar surface area (TPSA) is 77.8 Å². The van der Waals surface area contributed by atoms with E-state index in [9.17, 15) is 18.4 Å². The minimum Gasteiger partial charge on any atom is -0.478 e. The largest absolute Gasteiger partial charge is 0.478 e. The number of aromatic carboxylic acids is 1. The molecule has 104 valence electrons. The third-order valence-electron chi connectivity index (χ3n) is 2.41. The van der Waals surface area contributed by atoms with Gasteiger partial charge in [0.1, 0.15) is 0 Å². The first kappa shape index (κ1) is 15.0. The fraction of sp³-hybridized carbons (Fsp3) is 0.333. The number of halogens is 2. The average Bonchev–Trinajstić information content (AvgIpc) is 2.29. The summed E-state index contributed by atoms with van der Waals surface area (Å²) in [5.41, 5.74) is -1.09. The molecular formula is C12H13F2NO4. The summed E-state index contributed by atoms with van der Waals surface area (Å²) in [6.45, 7) is 1.38. The van der Waals surface area contributed by atoms with E-state index in [2.05, 4.69) is 0 Å². The zero-order valence-electron chi connectivity index (χ0n) is 10.4. The van der Waals surface area contributed by atoms with E-state index in [4.69, 9.17) is 10.2 Å². The van der Waals surface area contributed by atoms with E-state index in [1.54, 1.807) is 0 Å². The second kappa shape index (κ2) is 5.75. The van der Waals surface area contributed by atoms with Crippen LogP contribution in [0.1, 0.15) is 27.6 Å². The second-order valence-electron chi connectivity index (χ2n) is 4.15. The van der Waals surface area contributed by atoms with Crippen molar-refractivity contribution in [3.05, 3.63) is 34.9 Å². The molecule has 1 aromatic rings. The highest BCUT2D eigenvalue weighted by Crippen LogP contribution is 2.17. The molecule has 1 aromatic carbocycles. The highest BCUT2D eigenvalue weighted by atomic mass is 19.2. The van der Waals surface area contributed by atoms with Crippen LogP contribution in [0.2, 0.25) is 0 Å². The molecule has 1 unspecified atom stereocenters. The predicted molar refractivity (Wildman–Crippen MR) is 62.0 cm³/mol. The van der Waals surface area contributed by atoms with Crippen molar-refractivity contribution in [3.63, 3.8) is 0 Å². The highest BCUT2D eigenvalue weighted by Gasteiger charge is 2.23. The van der Waals surface area contributed by atoms with Crippen LogP contribution in [-0.4, -0.2) is 46.7 Å². The Morgan fingerprint density at radius 2 is 1.74 bits per heavy atom. The smallest absolute Gasteiger partial charge is 0.336 e. The maximum Gasteiger partial charge on any atom is 0.336 e. The summed E-state index contributed by atoms with van der Waals surface area (Å²) < 4.78 is 26.1. The Morgan fingerprint density at radius 3 is 2.16 bits per heavy atom. The molecule has 2 N–H and O–H groups in total. The lowest BCUT2D eigenvalue weighted by molar-refractivity contribution is 0.0660. The van der Waals surface area contributed by atoms with E-state index in [1.807, 2.05) is 0 Å². The summed E-state index contributed by atoms with van der Waals surface area (Å²) in [4.78, 5) is 23.9. The average molecular weight is 273 g/mol. The normalized spacial score (nSPS) is 12.1. The molecule has 19 heavy (non-hydrogen) atoms. The summed E-state index contributed by atoms with van der Waals surface area (Å²) in [6, 6.07) is 1.00. The third-order valence-corrected chi connectivity index (χ3v) is 2.41. The molecule has 1 atom stereocenters. The predicted octanol–water partition coefficient (Wildman–Crippen LogP) is 1.12. The molecule has 1 rings (SSSR count). The van der Waals surface area contributed by atoms with Crippen LogP contribution in [0.3, 0.4) is 0 Å². The number of carboxylic acid groups (broad SMARTS) is 1. The number of aliphatic hydroxyl groups excluding tert-OH is 1. The molecule has 5 nitrogen and oxygen atoms in total. The van der Waals surface area contributed by atoms with Gasteiger partial charge in [-0.3, -0.25) is 4.79 Å². The molecule has 0 fully saturated rings. The summed E-state index contributed by atoms with van der Waals surface area (Å²) in [5, 5.41) is 18.0. The van der Waals surface area contributed by atoms with Gasteiger partial charge in [-0.15, -0.1) is 0 Å². The fourth-order valence-corrected chi connectivity index (χ4v) is 1.59. The highest BCUT2D eigenvalue weighted by molar-refractivity contribution is 6.04. The molecule has 0 saturated heterocycles. The first-order valence-corrected chi connectivity index (χ1v) is 5.40. The molecule has 0 heterocycles. The van der Waals surface area contributed by atoms with Crippen LogP contribution in [-0.2, 0) is 0 Å². The second-order valence-corrected chi connectivity index (χ2v) is 4.15. The lowest BCUT2D eigenvalue weighted by Gasteiger charge is -2.19. The van der Waals surface area contributed by atoms with Crippen molar-refractivity contribution in [1.82, 2.24) is 4.90 Å². The van der Waals surface area contributed by atoms with E-state index in [0.29, 0.717) is 12.1 Å². The Morgan fingerprint density at radius 1 is 1.26 bits per heavy atom. The number of aliphatic hydroxyl groups is 1. The maximum atomic E-state index is 13.1. The van der Waals surface area contributed by atoms with Crippen molar-refractivity contribution < 1.29 is 28.6 Å². The Hall–Kier alpha value is -2.02. The van der Waals surface area contributed by atoms with E-state index >= 15 is 0 Å². The molecule has 0 aliphatic carbocycles. The van der Waals surface area contributed by atoms with Gasteiger partial charge >= 0.3 is 5.97 Å². The van der Waals surface area contributed by atoms with Gasteiger partial charge in [0, 0.05) is 13.6 Å². The number of rotatable bonds is 4. The lowest BCUT2D eigenvalue weighted by atomic mass is 10.1. The minimum atomic E-state index is -1.53. The Labute approximate surface area is 108 Å². The number of hydrogen-bond acceptors (Lipinski definition) is 3. The van der Waals surface area contributed by atoms with Crippen LogP contribution in [0, 0.1) is 11.6 Å². The van der Waals surface area contributed by atoms with Crippen molar-refractivity contribution in [2.24, 2.45) is 0 Å². The summed E-state index contributed by atoms with van der Waals surface area (Å²) in [5.74, 6) is -4.99. The lowest BCUT2D eigenvalue weighted by Crippen LogP contribution is -2.34. The van der Waals surface area contributed by atoms with Gasteiger partial charge in [0.25, 0.3) is 5.91 Å². The quantitative estimate of drug-likeness (QED) is 0.861. The van der Waals surface area contributed by atoms with Crippen LogP contribution in [0.15, 0.2) is 12.1 Å². The number of carbonyl (C=O) groups is 2. The minimum absolute atomic E-state index is 0.0586. The zero-order valence-corrected chi connectivity index (χ0v) is 10.4. The Balaban J connectivity index is 3.21. The van der Waals surface area contributed by atoms with Crippen molar-refractivity contribution in [2.45, 2.75) is 13.0 Å². The summed E-state index contributed by atoms with van der Waals surface area (Å²) in [6.07, 6.45) is -0.826. The molecule has 0 saturated carbocycles. The van der Waals surface area contributed by atoms with Gasteiger partial charge in [-0.1, -0.05) is 0 Å². The number of likely N-dealkylation sites (N-methyl/N-ethyl adjacent to an activating group) is 1. The van der Waals surface area contributed by atoms with E-state index in [1.165, 1.54) is 14.0 Å². The SMILES string of the molecule is CC(O)CN(C)C(=O)c1cc(F)c(F)cc1C(=O)O. The molecule has 0 aliphatic heterocycles. The number of amides is 1. The Kier molecular flexibility index (Phi) is 4.55. The molecular weight excluding hydrogens is 260 g/mol. The maximum absolute atomic E-state index is 13.1. The first-order valence-electron chi connectivity index (χ1n) is 5.40. The Bertz CT molecular complexity index is 517. The monoisotopic (exact) mass is 273 g/mol. The van der Waals surface area contributed by atoms with Crippen LogP contribution >= 0.6 is 0 Å². The molecule has 7 heteroatoms. The zero-order chi connectivity index (χ0) is 14.7.